The number of rotatable bonds is 0. The van der Waals surface area contributed by atoms with Crippen LogP contribution in [-0.4, -0.2) is 0 Å². The molecule has 0 N–H and O–H groups in total. The standard InChI is InChI=1S/C6H5.2ClH.Ti/c1-2-4-6-5-3-1;;;/h1-5H;2*1H;. The molecule has 9 heavy (non-hydrogen) atoms. The van der Waals surface area contributed by atoms with E-state index in [0.29, 0.717) is 0 Å². The summed E-state index contributed by atoms with van der Waals surface area (Å²) >= 11 is 2.08. The molecule has 0 radical (unpaired) electrons. The summed E-state index contributed by atoms with van der Waals surface area (Å²) in [6.45, 7) is 0. The molecule has 0 fully saturated rings. The van der Waals surface area contributed by atoms with Crippen molar-refractivity contribution in [3.05, 3.63) is 30.3 Å². The Hall–Kier alpha value is 0.514. The molecule has 0 saturated carbocycles. The van der Waals surface area contributed by atoms with Crippen LogP contribution in [0.4, 0.5) is 0 Å². The van der Waals surface area contributed by atoms with Gasteiger partial charge in [0, 0.05) is 0 Å². The van der Waals surface area contributed by atoms with E-state index in [1.54, 1.807) is 0 Å². The molecule has 0 bridgehead atoms. The molecule has 0 aromatic heterocycles. The second-order valence-corrected chi connectivity index (χ2v) is 2.27. The maximum absolute atomic E-state index is 2.08. The van der Waals surface area contributed by atoms with E-state index < -0.39 is 0 Å². The van der Waals surface area contributed by atoms with Gasteiger partial charge in [0.2, 0.25) is 0 Å². The summed E-state index contributed by atoms with van der Waals surface area (Å²) in [6.07, 6.45) is 0. The third-order valence-corrected chi connectivity index (χ3v) is 1.29. The molecule has 0 aliphatic carbocycles. The fraction of sp³-hybridized carbons (Fsp3) is 0. The van der Waals surface area contributed by atoms with Crippen LogP contribution in [0.1, 0.15) is 0 Å². The number of halogens is 2. The van der Waals surface area contributed by atoms with Gasteiger partial charge >= 0.3 is 54.6 Å². The van der Waals surface area contributed by atoms with Gasteiger partial charge in [0.25, 0.3) is 0 Å². The van der Waals surface area contributed by atoms with E-state index >= 15 is 0 Å². The maximum atomic E-state index is 2.08. The zero-order chi connectivity index (χ0) is 5.11. The Morgan fingerprint density at radius 1 is 0.889 bits per heavy atom. The van der Waals surface area contributed by atoms with E-state index in [9.17, 15) is 0 Å². The van der Waals surface area contributed by atoms with Gasteiger partial charge in [-0.3, -0.25) is 0 Å². The molecule has 0 spiro atoms. The Bertz CT molecular complexity index is 141. The number of hydrogen-bond donors (Lipinski definition) is 0. The first-order chi connectivity index (χ1) is 3.39. The first-order valence-corrected chi connectivity index (χ1v) is 2.94. The molecular formula is C6H7Cl2Ti. The van der Waals surface area contributed by atoms with E-state index in [0.717, 1.165) is 0 Å². The Morgan fingerprint density at radius 3 is 1.56 bits per heavy atom. The average molecular weight is 198 g/mol. The van der Waals surface area contributed by atoms with Gasteiger partial charge in [-0.05, 0) is 0 Å². The van der Waals surface area contributed by atoms with Gasteiger partial charge < -0.3 is 0 Å². The summed E-state index contributed by atoms with van der Waals surface area (Å²) in [6, 6.07) is 10.3. The molecule has 0 amide bonds. The van der Waals surface area contributed by atoms with Crippen molar-refractivity contribution in [2.45, 2.75) is 0 Å². The van der Waals surface area contributed by atoms with Crippen molar-refractivity contribution in [3.63, 3.8) is 0 Å². The summed E-state index contributed by atoms with van der Waals surface area (Å²) < 4.78 is 1.32. The molecule has 1 aromatic rings. The first kappa shape index (κ1) is 12.2. The molecule has 0 saturated heterocycles. The molecule has 1 aromatic carbocycles. The summed E-state index contributed by atoms with van der Waals surface area (Å²) in [4.78, 5) is 0. The average Bonchev–Trinajstić information content (AvgIpc) is 1.69. The van der Waals surface area contributed by atoms with Crippen molar-refractivity contribution in [1.82, 2.24) is 0 Å². The molecule has 0 aliphatic rings. The summed E-state index contributed by atoms with van der Waals surface area (Å²) in [5, 5.41) is 0. The third kappa shape index (κ3) is 4.98. The second kappa shape index (κ2) is 6.63. The Kier molecular flexibility index (Phi) is 9.00. The van der Waals surface area contributed by atoms with Crippen molar-refractivity contribution in [2.24, 2.45) is 0 Å². The van der Waals surface area contributed by atoms with Crippen molar-refractivity contribution in [3.8, 4) is 0 Å². The van der Waals surface area contributed by atoms with Crippen LogP contribution in [0.5, 0.6) is 0 Å². The van der Waals surface area contributed by atoms with E-state index in [2.05, 4.69) is 32.6 Å². The minimum absolute atomic E-state index is 0. The van der Waals surface area contributed by atoms with Gasteiger partial charge in [-0.2, -0.15) is 0 Å². The Labute approximate surface area is 79.3 Å². The van der Waals surface area contributed by atoms with Gasteiger partial charge in [0.15, 0.2) is 0 Å². The molecule has 3 heteroatoms. The Balaban J connectivity index is 0. The zero-order valence-electron chi connectivity index (χ0n) is 4.70. The summed E-state index contributed by atoms with van der Waals surface area (Å²) in [7, 11) is 0. The fourth-order valence-corrected chi connectivity index (χ4v) is 0.739. The number of hydrogen-bond acceptors (Lipinski definition) is 0. The van der Waals surface area contributed by atoms with Crippen molar-refractivity contribution >= 4 is 28.7 Å². The molecule has 0 heterocycles. The van der Waals surface area contributed by atoms with Crippen LogP contribution in [0, 0.1) is 0 Å². The SMILES string of the molecule is Cl.Cl.[Ti][c]1ccccc1. The molecule has 0 unspecified atom stereocenters. The van der Waals surface area contributed by atoms with E-state index in [-0.39, 0.29) is 24.8 Å². The van der Waals surface area contributed by atoms with Gasteiger partial charge in [-0.25, -0.2) is 0 Å². The van der Waals surface area contributed by atoms with Crippen LogP contribution < -0.4 is 3.87 Å². The van der Waals surface area contributed by atoms with E-state index in [1.165, 1.54) is 3.87 Å². The molecule has 0 aliphatic heterocycles. The van der Waals surface area contributed by atoms with Crippen molar-refractivity contribution in [1.29, 1.82) is 0 Å². The monoisotopic (exact) mass is 197 g/mol. The third-order valence-electron chi connectivity index (χ3n) is 0.774. The Morgan fingerprint density at radius 2 is 1.33 bits per heavy atom. The fourth-order valence-electron chi connectivity index (χ4n) is 0.438. The molecule has 49 valence electrons. The zero-order valence-corrected chi connectivity index (χ0v) is 7.90. The van der Waals surface area contributed by atoms with Crippen LogP contribution in [0.3, 0.4) is 0 Å². The van der Waals surface area contributed by atoms with Crippen LogP contribution >= 0.6 is 24.8 Å². The first-order valence-electron chi connectivity index (χ1n) is 2.16. The quantitative estimate of drug-likeness (QED) is 0.556. The van der Waals surface area contributed by atoms with Crippen LogP contribution in [-0.2, 0) is 20.4 Å². The predicted octanol–water partition coefficient (Wildman–Crippen LogP) is 1.70. The van der Waals surface area contributed by atoms with Crippen molar-refractivity contribution in [2.75, 3.05) is 0 Å². The van der Waals surface area contributed by atoms with Gasteiger partial charge in [0.1, 0.15) is 0 Å². The van der Waals surface area contributed by atoms with Crippen LogP contribution in [0.25, 0.3) is 0 Å². The summed E-state index contributed by atoms with van der Waals surface area (Å²) in [5.74, 6) is 0. The van der Waals surface area contributed by atoms with Gasteiger partial charge in [-0.1, -0.05) is 0 Å². The normalized spacial score (nSPS) is 6.56. The number of benzene rings is 1. The van der Waals surface area contributed by atoms with Gasteiger partial charge in [-0.15, -0.1) is 24.8 Å². The summed E-state index contributed by atoms with van der Waals surface area (Å²) in [5.41, 5.74) is 0. The topological polar surface area (TPSA) is 0 Å². The van der Waals surface area contributed by atoms with E-state index in [1.807, 2.05) is 18.2 Å². The molecule has 0 atom stereocenters. The minimum atomic E-state index is 0. The van der Waals surface area contributed by atoms with Crippen LogP contribution in [0.2, 0.25) is 0 Å². The van der Waals surface area contributed by atoms with Crippen LogP contribution in [0.15, 0.2) is 30.3 Å². The predicted molar refractivity (Wildman–Crippen MR) is 40.6 cm³/mol. The van der Waals surface area contributed by atoms with Crippen molar-refractivity contribution < 1.29 is 20.4 Å². The van der Waals surface area contributed by atoms with Gasteiger partial charge in [0.05, 0.1) is 0 Å². The van der Waals surface area contributed by atoms with E-state index in [4.69, 9.17) is 0 Å². The molecule has 1 rings (SSSR count). The molecule has 0 nitrogen and oxygen atoms in total. The second-order valence-electron chi connectivity index (χ2n) is 1.37. The molecular weight excluding hydrogens is 191 g/mol.